The average Bonchev–Trinajstić information content (AvgIpc) is 2.83. The third kappa shape index (κ3) is 4.24. The zero-order valence-electron chi connectivity index (χ0n) is 16.4. The Hall–Kier alpha value is -2.28. The summed E-state index contributed by atoms with van der Waals surface area (Å²) in [7, 11) is 0. The van der Waals surface area contributed by atoms with E-state index in [1.165, 1.54) is 12.1 Å². The quantitative estimate of drug-likeness (QED) is 0.777. The van der Waals surface area contributed by atoms with Gasteiger partial charge in [-0.05, 0) is 54.3 Å². The van der Waals surface area contributed by atoms with Gasteiger partial charge in [0, 0.05) is 12.0 Å². The number of rotatable bonds is 5. The lowest BCUT2D eigenvalue weighted by Crippen LogP contribution is -2.51. The van der Waals surface area contributed by atoms with Crippen LogP contribution in [0, 0.1) is 5.92 Å². The van der Waals surface area contributed by atoms with Crippen LogP contribution in [0.4, 0.5) is 13.2 Å². The van der Waals surface area contributed by atoms with Gasteiger partial charge in [0.25, 0.3) is 0 Å². The number of fused-ring (bicyclic) bond motifs is 1. The van der Waals surface area contributed by atoms with E-state index in [4.69, 9.17) is 4.74 Å². The Bertz CT molecular complexity index is 878. The molecule has 0 aromatic heterocycles. The van der Waals surface area contributed by atoms with Gasteiger partial charge in [0.05, 0.1) is 6.61 Å². The number of hydrogen-bond acceptors (Lipinski definition) is 3. The number of carbonyl (C=O) groups excluding carboxylic acids is 1. The highest BCUT2D eigenvalue weighted by Gasteiger charge is 2.52. The number of hydrogen-bond donors (Lipinski definition) is 1. The molecule has 152 valence electrons. The minimum absolute atomic E-state index is 0.0176. The Morgan fingerprint density at radius 2 is 1.79 bits per heavy atom. The third-order valence-corrected chi connectivity index (χ3v) is 4.79. The van der Waals surface area contributed by atoms with Gasteiger partial charge in [0.1, 0.15) is 5.75 Å². The molecule has 1 atom stereocenters. The molecule has 1 N–H and O–H groups in total. The number of alkyl halides is 3. The second-order valence-corrected chi connectivity index (χ2v) is 8.31. The molecule has 0 spiro atoms. The summed E-state index contributed by atoms with van der Waals surface area (Å²) in [5.74, 6) is 0.658. The standard InChI is InChI=1S/C21H25F3N2O2/c1-13(2)12-28-17-8-7-14-9-16(6-5-15(14)10-17)19(21(22,23)24)26-20(3,4)11-18(27)25-26/h5-10,13,19H,11-12H2,1-4H3,(H,25,27)/t19-/m0/s1. The third-order valence-electron chi connectivity index (χ3n) is 4.79. The van der Waals surface area contributed by atoms with Crippen LogP contribution in [0.5, 0.6) is 5.75 Å². The molecule has 1 aliphatic heterocycles. The maximum atomic E-state index is 14.0. The molecular formula is C21H25F3N2O2. The number of carbonyl (C=O) groups is 1. The van der Waals surface area contributed by atoms with E-state index in [2.05, 4.69) is 5.43 Å². The fraction of sp³-hybridized carbons (Fsp3) is 0.476. The van der Waals surface area contributed by atoms with Crippen LogP contribution < -0.4 is 10.2 Å². The number of hydrazine groups is 1. The molecule has 1 heterocycles. The van der Waals surface area contributed by atoms with Crippen molar-refractivity contribution in [2.75, 3.05) is 6.61 Å². The number of halogens is 3. The summed E-state index contributed by atoms with van der Waals surface area (Å²) in [5, 5.41) is 2.51. The fourth-order valence-electron chi connectivity index (χ4n) is 3.47. The van der Waals surface area contributed by atoms with Gasteiger partial charge in [-0.3, -0.25) is 10.2 Å². The van der Waals surface area contributed by atoms with E-state index in [1.54, 1.807) is 32.0 Å². The predicted octanol–water partition coefficient (Wildman–Crippen LogP) is 4.99. The summed E-state index contributed by atoms with van der Waals surface area (Å²) in [5.41, 5.74) is 1.53. The molecule has 4 nitrogen and oxygen atoms in total. The van der Waals surface area contributed by atoms with Crippen molar-refractivity contribution in [1.82, 2.24) is 10.4 Å². The van der Waals surface area contributed by atoms with Gasteiger partial charge in [-0.25, -0.2) is 0 Å². The lowest BCUT2D eigenvalue weighted by molar-refractivity contribution is -0.203. The largest absolute Gasteiger partial charge is 0.493 e. The predicted molar refractivity (Wildman–Crippen MR) is 102 cm³/mol. The van der Waals surface area contributed by atoms with Gasteiger partial charge < -0.3 is 4.74 Å². The Morgan fingerprint density at radius 3 is 2.36 bits per heavy atom. The summed E-state index contributed by atoms with van der Waals surface area (Å²) >= 11 is 0. The molecule has 0 unspecified atom stereocenters. The van der Waals surface area contributed by atoms with E-state index in [0.29, 0.717) is 23.7 Å². The van der Waals surface area contributed by atoms with E-state index in [9.17, 15) is 18.0 Å². The topological polar surface area (TPSA) is 41.6 Å². The molecule has 3 rings (SSSR count). The molecule has 0 saturated carbocycles. The van der Waals surface area contributed by atoms with Crippen LogP contribution in [0.15, 0.2) is 36.4 Å². The summed E-state index contributed by atoms with van der Waals surface area (Å²) in [6.07, 6.45) is -4.52. The van der Waals surface area contributed by atoms with E-state index >= 15 is 0 Å². The number of nitrogens with one attached hydrogen (secondary N) is 1. The van der Waals surface area contributed by atoms with Crippen molar-refractivity contribution in [3.05, 3.63) is 42.0 Å². The van der Waals surface area contributed by atoms with Crippen LogP contribution in [0.2, 0.25) is 0 Å². The minimum atomic E-state index is -4.54. The van der Waals surface area contributed by atoms with Crippen molar-refractivity contribution in [2.45, 2.75) is 51.9 Å². The van der Waals surface area contributed by atoms with Gasteiger partial charge in [0.15, 0.2) is 6.04 Å². The van der Waals surface area contributed by atoms with E-state index in [1.807, 2.05) is 19.9 Å². The number of nitrogens with zero attached hydrogens (tertiary/aromatic N) is 1. The summed E-state index contributed by atoms with van der Waals surface area (Å²) in [4.78, 5) is 11.8. The van der Waals surface area contributed by atoms with Crippen LogP contribution in [0.25, 0.3) is 10.8 Å². The van der Waals surface area contributed by atoms with Crippen molar-refractivity contribution >= 4 is 16.7 Å². The van der Waals surface area contributed by atoms with Crippen molar-refractivity contribution in [3.63, 3.8) is 0 Å². The highest BCUT2D eigenvalue weighted by molar-refractivity contribution is 5.85. The number of amides is 1. The highest BCUT2D eigenvalue weighted by atomic mass is 19.4. The Kier molecular flexibility index (Phi) is 5.32. The first kappa shape index (κ1) is 20.5. The van der Waals surface area contributed by atoms with Gasteiger partial charge in [-0.2, -0.15) is 18.2 Å². The molecule has 1 aliphatic rings. The molecule has 1 fully saturated rings. The minimum Gasteiger partial charge on any atom is -0.493 e. The molecule has 0 aliphatic carbocycles. The molecule has 0 bridgehead atoms. The van der Waals surface area contributed by atoms with Crippen LogP contribution in [-0.4, -0.2) is 29.2 Å². The van der Waals surface area contributed by atoms with Crippen LogP contribution >= 0.6 is 0 Å². The van der Waals surface area contributed by atoms with E-state index in [0.717, 1.165) is 10.4 Å². The molecular weight excluding hydrogens is 369 g/mol. The first-order valence-corrected chi connectivity index (χ1v) is 9.29. The lowest BCUT2D eigenvalue weighted by Gasteiger charge is -2.38. The number of benzene rings is 2. The van der Waals surface area contributed by atoms with Gasteiger partial charge in [-0.15, -0.1) is 0 Å². The summed E-state index contributed by atoms with van der Waals surface area (Å²) in [6, 6.07) is 8.08. The fourth-order valence-corrected chi connectivity index (χ4v) is 3.47. The maximum absolute atomic E-state index is 14.0. The SMILES string of the molecule is CC(C)COc1ccc2cc([C@H](N3NC(=O)CC3(C)C)C(F)(F)F)ccc2c1. The second-order valence-electron chi connectivity index (χ2n) is 8.31. The Morgan fingerprint density at radius 1 is 1.14 bits per heavy atom. The van der Waals surface area contributed by atoms with Crippen molar-refractivity contribution in [2.24, 2.45) is 5.92 Å². The lowest BCUT2D eigenvalue weighted by atomic mass is 9.95. The highest BCUT2D eigenvalue weighted by Crippen LogP contribution is 2.43. The van der Waals surface area contributed by atoms with Crippen LogP contribution in [0.1, 0.15) is 45.7 Å². The molecule has 7 heteroatoms. The first-order chi connectivity index (χ1) is 13.0. The van der Waals surface area contributed by atoms with Gasteiger partial charge >= 0.3 is 6.18 Å². The first-order valence-electron chi connectivity index (χ1n) is 9.29. The molecule has 1 saturated heterocycles. The molecule has 1 amide bonds. The zero-order chi connectivity index (χ0) is 20.7. The maximum Gasteiger partial charge on any atom is 0.409 e. The average molecular weight is 394 g/mol. The second kappa shape index (κ2) is 7.28. The Labute approximate surface area is 162 Å². The summed E-state index contributed by atoms with van der Waals surface area (Å²) < 4.78 is 47.6. The van der Waals surface area contributed by atoms with E-state index < -0.39 is 23.7 Å². The normalized spacial score (nSPS) is 18.5. The van der Waals surface area contributed by atoms with Crippen molar-refractivity contribution < 1.29 is 22.7 Å². The zero-order valence-corrected chi connectivity index (χ0v) is 16.4. The van der Waals surface area contributed by atoms with Gasteiger partial charge in [0.2, 0.25) is 5.91 Å². The van der Waals surface area contributed by atoms with Crippen LogP contribution in [-0.2, 0) is 4.79 Å². The molecule has 0 radical (unpaired) electrons. The van der Waals surface area contributed by atoms with Crippen LogP contribution in [0.3, 0.4) is 0 Å². The summed E-state index contributed by atoms with van der Waals surface area (Å²) in [6.45, 7) is 7.92. The number of ether oxygens (including phenoxy) is 1. The Balaban J connectivity index is 1.97. The molecule has 2 aromatic carbocycles. The van der Waals surface area contributed by atoms with Gasteiger partial charge in [-0.1, -0.05) is 32.0 Å². The van der Waals surface area contributed by atoms with Crippen molar-refractivity contribution in [1.29, 1.82) is 0 Å². The monoisotopic (exact) mass is 394 g/mol. The van der Waals surface area contributed by atoms with Crippen molar-refractivity contribution in [3.8, 4) is 5.75 Å². The van der Waals surface area contributed by atoms with E-state index in [-0.39, 0.29) is 12.0 Å². The molecule has 28 heavy (non-hydrogen) atoms. The smallest absolute Gasteiger partial charge is 0.409 e. The molecule has 2 aromatic rings.